The Bertz CT molecular complexity index is 812. The summed E-state index contributed by atoms with van der Waals surface area (Å²) in [6, 6.07) is 17.2. The summed E-state index contributed by atoms with van der Waals surface area (Å²) in [6.45, 7) is 3.01. The minimum atomic E-state index is 0.0174. The van der Waals surface area contributed by atoms with Crippen molar-refractivity contribution in [2.45, 2.75) is 0 Å². The van der Waals surface area contributed by atoms with E-state index < -0.39 is 0 Å². The highest BCUT2D eigenvalue weighted by Gasteiger charge is 2.19. The molecule has 1 heterocycles. The molecule has 0 radical (unpaired) electrons. The van der Waals surface area contributed by atoms with Gasteiger partial charge in [0.15, 0.2) is 0 Å². The van der Waals surface area contributed by atoms with Crippen molar-refractivity contribution in [1.29, 1.82) is 5.26 Å². The zero-order valence-electron chi connectivity index (χ0n) is 14.8. The molecule has 0 atom stereocenters. The summed E-state index contributed by atoms with van der Waals surface area (Å²) in [5, 5.41) is 8.81. The number of benzene rings is 2. The van der Waals surface area contributed by atoms with Gasteiger partial charge in [0.2, 0.25) is 5.91 Å². The fourth-order valence-corrected chi connectivity index (χ4v) is 2.92. The van der Waals surface area contributed by atoms with E-state index in [0.717, 1.165) is 30.1 Å². The molecule has 0 aromatic heterocycles. The molecule has 1 saturated heterocycles. The van der Waals surface area contributed by atoms with Gasteiger partial charge in [-0.1, -0.05) is 12.1 Å². The van der Waals surface area contributed by atoms with Gasteiger partial charge in [0.1, 0.15) is 5.75 Å². The van der Waals surface area contributed by atoms with Crippen LogP contribution in [0, 0.1) is 11.3 Å². The molecule has 0 spiro atoms. The highest BCUT2D eigenvalue weighted by Crippen LogP contribution is 2.20. The molecule has 0 N–H and O–H groups in total. The van der Waals surface area contributed by atoms with Crippen molar-refractivity contribution in [2.24, 2.45) is 0 Å². The summed E-state index contributed by atoms with van der Waals surface area (Å²) in [5.74, 6) is 0.860. The molecule has 2 aromatic rings. The van der Waals surface area contributed by atoms with Gasteiger partial charge in [-0.3, -0.25) is 4.79 Å². The van der Waals surface area contributed by atoms with Crippen molar-refractivity contribution < 1.29 is 9.53 Å². The lowest BCUT2D eigenvalue weighted by atomic mass is 10.1. The van der Waals surface area contributed by atoms with Crippen molar-refractivity contribution in [1.82, 2.24) is 4.90 Å². The summed E-state index contributed by atoms with van der Waals surface area (Å²) in [7, 11) is 1.66. The normalized spacial score (nSPS) is 14.3. The molecule has 1 fully saturated rings. The third-order valence-electron chi connectivity index (χ3n) is 4.49. The molecule has 0 bridgehead atoms. The topological polar surface area (TPSA) is 56.6 Å². The first-order chi connectivity index (χ1) is 12.7. The molecular weight excluding hydrogens is 326 g/mol. The molecule has 2 aromatic carbocycles. The van der Waals surface area contributed by atoms with E-state index in [1.165, 1.54) is 0 Å². The zero-order valence-corrected chi connectivity index (χ0v) is 14.8. The molecule has 0 unspecified atom stereocenters. The Morgan fingerprint density at radius 3 is 2.27 bits per heavy atom. The molecule has 0 saturated carbocycles. The van der Waals surface area contributed by atoms with E-state index in [2.05, 4.69) is 11.0 Å². The SMILES string of the molecule is COc1ccc(N2CCN(C(=O)/C=C/c3ccc(C#N)cc3)CC2)cc1. The highest BCUT2D eigenvalue weighted by molar-refractivity contribution is 5.92. The molecule has 5 nitrogen and oxygen atoms in total. The Labute approximate surface area is 153 Å². The number of hydrogen-bond donors (Lipinski definition) is 0. The number of nitrogens with zero attached hydrogens (tertiary/aromatic N) is 3. The Hall–Kier alpha value is -3.26. The summed E-state index contributed by atoms with van der Waals surface area (Å²) in [4.78, 5) is 16.5. The van der Waals surface area contributed by atoms with Crippen LogP contribution in [0.5, 0.6) is 5.75 Å². The number of piperazine rings is 1. The summed E-state index contributed by atoms with van der Waals surface area (Å²) >= 11 is 0. The van der Waals surface area contributed by atoms with Crippen molar-refractivity contribution in [2.75, 3.05) is 38.2 Å². The number of rotatable bonds is 4. The third-order valence-corrected chi connectivity index (χ3v) is 4.49. The maximum Gasteiger partial charge on any atom is 0.246 e. The lowest BCUT2D eigenvalue weighted by Crippen LogP contribution is -2.48. The predicted octanol–water partition coefficient (Wildman–Crippen LogP) is 2.93. The maximum atomic E-state index is 12.4. The summed E-state index contributed by atoms with van der Waals surface area (Å²) in [6.07, 6.45) is 3.39. The van der Waals surface area contributed by atoms with Crippen LogP contribution >= 0.6 is 0 Å². The Morgan fingerprint density at radius 1 is 1.04 bits per heavy atom. The second kappa shape index (κ2) is 8.21. The number of carbonyl (C=O) groups excluding carboxylic acids is 1. The minimum absolute atomic E-state index is 0.0174. The first-order valence-corrected chi connectivity index (χ1v) is 8.56. The van der Waals surface area contributed by atoms with Crippen molar-refractivity contribution in [3.63, 3.8) is 0 Å². The van der Waals surface area contributed by atoms with Crippen LogP contribution in [0.3, 0.4) is 0 Å². The smallest absolute Gasteiger partial charge is 0.246 e. The summed E-state index contributed by atoms with van der Waals surface area (Å²) in [5.41, 5.74) is 2.67. The molecule has 132 valence electrons. The predicted molar refractivity (Wildman–Crippen MR) is 102 cm³/mol. The number of methoxy groups -OCH3 is 1. The molecule has 1 aliphatic heterocycles. The molecule has 0 aliphatic carbocycles. The third kappa shape index (κ3) is 4.22. The van der Waals surface area contributed by atoms with E-state index in [0.29, 0.717) is 18.7 Å². The second-order valence-electron chi connectivity index (χ2n) is 6.08. The van der Waals surface area contributed by atoms with Crippen molar-refractivity contribution >= 4 is 17.7 Å². The van der Waals surface area contributed by atoms with Crippen LogP contribution < -0.4 is 9.64 Å². The number of carbonyl (C=O) groups is 1. The summed E-state index contributed by atoms with van der Waals surface area (Å²) < 4.78 is 5.19. The first kappa shape index (κ1) is 17.6. The fraction of sp³-hybridized carbons (Fsp3) is 0.238. The van der Waals surface area contributed by atoms with Crippen LogP contribution in [0.1, 0.15) is 11.1 Å². The lowest BCUT2D eigenvalue weighted by molar-refractivity contribution is -0.126. The Kier molecular flexibility index (Phi) is 5.55. The van der Waals surface area contributed by atoms with Gasteiger partial charge < -0.3 is 14.5 Å². The standard InChI is InChI=1S/C21H21N3O2/c1-26-20-9-7-19(8-10-20)23-12-14-24(15-13-23)21(25)11-6-17-2-4-18(16-22)5-3-17/h2-11H,12-15H2,1H3/b11-6+. The van der Waals surface area contributed by atoms with Crippen LogP contribution in [0.2, 0.25) is 0 Å². The average molecular weight is 347 g/mol. The van der Waals surface area contributed by atoms with Gasteiger partial charge in [-0.15, -0.1) is 0 Å². The number of amides is 1. The van der Waals surface area contributed by atoms with E-state index in [1.54, 1.807) is 31.4 Å². The van der Waals surface area contributed by atoms with Gasteiger partial charge >= 0.3 is 0 Å². The molecular formula is C21H21N3O2. The molecule has 26 heavy (non-hydrogen) atoms. The Morgan fingerprint density at radius 2 is 1.69 bits per heavy atom. The van der Waals surface area contributed by atoms with Crippen LogP contribution in [-0.4, -0.2) is 44.1 Å². The first-order valence-electron chi connectivity index (χ1n) is 8.56. The van der Waals surface area contributed by atoms with E-state index in [1.807, 2.05) is 41.3 Å². The van der Waals surface area contributed by atoms with E-state index in [9.17, 15) is 4.79 Å². The van der Waals surface area contributed by atoms with E-state index in [4.69, 9.17) is 10.00 Å². The van der Waals surface area contributed by atoms with Gasteiger partial charge in [0, 0.05) is 37.9 Å². The quantitative estimate of drug-likeness (QED) is 0.798. The van der Waals surface area contributed by atoms with E-state index in [-0.39, 0.29) is 5.91 Å². The van der Waals surface area contributed by atoms with Gasteiger partial charge in [-0.25, -0.2) is 0 Å². The second-order valence-corrected chi connectivity index (χ2v) is 6.08. The van der Waals surface area contributed by atoms with Crippen LogP contribution in [0.4, 0.5) is 5.69 Å². The Balaban J connectivity index is 1.54. The van der Waals surface area contributed by atoms with Gasteiger partial charge in [-0.05, 0) is 48.0 Å². The van der Waals surface area contributed by atoms with Crippen LogP contribution in [0.25, 0.3) is 6.08 Å². The molecule has 1 amide bonds. The number of anilines is 1. The number of ether oxygens (including phenoxy) is 1. The van der Waals surface area contributed by atoms with Gasteiger partial charge in [-0.2, -0.15) is 5.26 Å². The average Bonchev–Trinajstić information content (AvgIpc) is 2.72. The zero-order chi connectivity index (χ0) is 18.4. The van der Waals surface area contributed by atoms with E-state index >= 15 is 0 Å². The maximum absolute atomic E-state index is 12.4. The molecule has 1 aliphatic rings. The van der Waals surface area contributed by atoms with Gasteiger partial charge in [0.25, 0.3) is 0 Å². The van der Waals surface area contributed by atoms with Crippen molar-refractivity contribution in [3.8, 4) is 11.8 Å². The van der Waals surface area contributed by atoms with Crippen molar-refractivity contribution in [3.05, 3.63) is 65.7 Å². The largest absolute Gasteiger partial charge is 0.497 e. The number of hydrogen-bond acceptors (Lipinski definition) is 4. The minimum Gasteiger partial charge on any atom is -0.497 e. The number of nitriles is 1. The lowest BCUT2D eigenvalue weighted by Gasteiger charge is -2.35. The monoisotopic (exact) mass is 347 g/mol. The van der Waals surface area contributed by atoms with Crippen LogP contribution in [0.15, 0.2) is 54.6 Å². The van der Waals surface area contributed by atoms with Gasteiger partial charge in [0.05, 0.1) is 18.7 Å². The molecule has 3 rings (SSSR count). The fourth-order valence-electron chi connectivity index (χ4n) is 2.92. The van der Waals surface area contributed by atoms with Crippen LogP contribution in [-0.2, 0) is 4.79 Å². The molecule has 5 heteroatoms. The highest BCUT2D eigenvalue weighted by atomic mass is 16.5.